The zero-order chi connectivity index (χ0) is 10.7. The molecule has 2 aliphatic rings. The number of nitrogens with zero attached hydrogens (tertiary/aromatic N) is 1. The predicted octanol–water partition coefficient (Wildman–Crippen LogP) is 2.41. The number of likely N-dealkylation sites (tertiary alicyclic amines) is 1. The fraction of sp³-hybridized carbons (Fsp3) is 1.00. The van der Waals surface area contributed by atoms with Gasteiger partial charge in [0.2, 0.25) is 0 Å². The summed E-state index contributed by atoms with van der Waals surface area (Å²) in [6.07, 6.45) is 9.14. The third-order valence-corrected chi connectivity index (χ3v) is 3.96. The van der Waals surface area contributed by atoms with Gasteiger partial charge in [0.05, 0.1) is 6.10 Å². The number of β-amino-alcohol motifs (C(OH)–C–C–N with tert-alkyl or cyclic N) is 1. The molecule has 0 bridgehead atoms. The van der Waals surface area contributed by atoms with Gasteiger partial charge >= 0.3 is 0 Å². The summed E-state index contributed by atoms with van der Waals surface area (Å²) in [6.45, 7) is 4.42. The zero-order valence-electron chi connectivity index (χ0n) is 9.99. The molecule has 2 heteroatoms. The van der Waals surface area contributed by atoms with E-state index in [1.54, 1.807) is 0 Å². The van der Waals surface area contributed by atoms with Gasteiger partial charge in [-0.2, -0.15) is 0 Å². The first-order chi connectivity index (χ1) is 7.31. The Morgan fingerprint density at radius 2 is 2.07 bits per heavy atom. The molecule has 0 amide bonds. The van der Waals surface area contributed by atoms with Crippen molar-refractivity contribution in [1.29, 1.82) is 0 Å². The van der Waals surface area contributed by atoms with Crippen LogP contribution >= 0.6 is 0 Å². The van der Waals surface area contributed by atoms with Gasteiger partial charge in [-0.15, -0.1) is 0 Å². The molecule has 1 saturated carbocycles. The molecule has 2 nitrogen and oxygen atoms in total. The average molecular weight is 211 g/mol. The summed E-state index contributed by atoms with van der Waals surface area (Å²) in [6, 6.07) is 0.761. The van der Waals surface area contributed by atoms with Gasteiger partial charge < -0.3 is 5.11 Å². The molecule has 1 saturated heterocycles. The van der Waals surface area contributed by atoms with Crippen LogP contribution in [-0.4, -0.2) is 35.2 Å². The third kappa shape index (κ3) is 3.18. The summed E-state index contributed by atoms with van der Waals surface area (Å²) >= 11 is 0. The number of hydrogen-bond acceptors (Lipinski definition) is 2. The van der Waals surface area contributed by atoms with Crippen molar-refractivity contribution in [3.8, 4) is 0 Å². The topological polar surface area (TPSA) is 23.5 Å². The summed E-state index contributed by atoms with van der Waals surface area (Å²) in [7, 11) is 0. The molecular formula is C13H25NO. The fourth-order valence-corrected chi connectivity index (χ4v) is 2.83. The normalized spacial score (nSPS) is 30.4. The number of rotatable bonds is 5. The van der Waals surface area contributed by atoms with Crippen molar-refractivity contribution >= 4 is 0 Å². The highest BCUT2D eigenvalue weighted by atomic mass is 16.3. The Labute approximate surface area is 93.7 Å². The molecule has 0 aromatic heterocycles. The maximum atomic E-state index is 9.99. The van der Waals surface area contributed by atoms with Gasteiger partial charge in [0, 0.05) is 12.6 Å². The van der Waals surface area contributed by atoms with Crippen molar-refractivity contribution in [3.05, 3.63) is 0 Å². The van der Waals surface area contributed by atoms with E-state index in [0.29, 0.717) is 5.92 Å². The quantitative estimate of drug-likeness (QED) is 0.755. The van der Waals surface area contributed by atoms with Gasteiger partial charge in [-0.1, -0.05) is 19.8 Å². The molecule has 2 atom stereocenters. The highest BCUT2D eigenvalue weighted by molar-refractivity contribution is 4.86. The summed E-state index contributed by atoms with van der Waals surface area (Å²) in [4.78, 5) is 2.55. The molecule has 2 fully saturated rings. The summed E-state index contributed by atoms with van der Waals surface area (Å²) in [5.41, 5.74) is 0. The van der Waals surface area contributed by atoms with E-state index in [-0.39, 0.29) is 6.10 Å². The Morgan fingerprint density at radius 3 is 2.73 bits per heavy atom. The number of piperidine rings is 1. The Hall–Kier alpha value is -0.0800. The van der Waals surface area contributed by atoms with Crippen molar-refractivity contribution in [1.82, 2.24) is 4.90 Å². The molecule has 0 spiro atoms. The minimum Gasteiger partial charge on any atom is -0.392 e. The lowest BCUT2D eigenvalue weighted by Gasteiger charge is -2.37. The Morgan fingerprint density at radius 1 is 1.27 bits per heavy atom. The van der Waals surface area contributed by atoms with Crippen LogP contribution in [0.4, 0.5) is 0 Å². The Kier molecular flexibility index (Phi) is 4.04. The van der Waals surface area contributed by atoms with Crippen LogP contribution in [0.2, 0.25) is 0 Å². The van der Waals surface area contributed by atoms with Crippen LogP contribution < -0.4 is 0 Å². The SMILES string of the molecule is CCCC1CCCCN1CC(O)C1CC1. The van der Waals surface area contributed by atoms with E-state index >= 15 is 0 Å². The lowest BCUT2D eigenvalue weighted by molar-refractivity contribution is 0.0529. The van der Waals surface area contributed by atoms with Gasteiger partial charge in [-0.05, 0) is 44.6 Å². The number of aliphatic hydroxyl groups excluding tert-OH is 1. The minimum atomic E-state index is -0.0394. The van der Waals surface area contributed by atoms with Crippen LogP contribution in [0.25, 0.3) is 0 Å². The Bertz CT molecular complexity index is 189. The number of aliphatic hydroxyl groups is 1. The van der Waals surface area contributed by atoms with Crippen LogP contribution in [0.1, 0.15) is 51.9 Å². The third-order valence-electron chi connectivity index (χ3n) is 3.96. The molecule has 2 rings (SSSR count). The van der Waals surface area contributed by atoms with Gasteiger partial charge in [0.25, 0.3) is 0 Å². The van der Waals surface area contributed by atoms with Crippen molar-refractivity contribution in [2.75, 3.05) is 13.1 Å². The molecular weight excluding hydrogens is 186 g/mol. The molecule has 0 aromatic carbocycles. The lowest BCUT2D eigenvalue weighted by Crippen LogP contribution is -2.44. The molecule has 88 valence electrons. The second-order valence-corrected chi connectivity index (χ2v) is 5.34. The molecule has 1 heterocycles. The van der Waals surface area contributed by atoms with Crippen molar-refractivity contribution in [3.63, 3.8) is 0 Å². The van der Waals surface area contributed by atoms with E-state index in [1.165, 1.54) is 51.5 Å². The second-order valence-electron chi connectivity index (χ2n) is 5.34. The standard InChI is InChI=1S/C13H25NO/c1-2-5-12-6-3-4-9-14(12)10-13(15)11-7-8-11/h11-13,15H,2-10H2,1H3. The first-order valence-electron chi connectivity index (χ1n) is 6.73. The van der Waals surface area contributed by atoms with E-state index in [1.807, 2.05) is 0 Å². The lowest BCUT2D eigenvalue weighted by atomic mass is 9.97. The van der Waals surface area contributed by atoms with E-state index in [2.05, 4.69) is 11.8 Å². The van der Waals surface area contributed by atoms with Crippen LogP contribution in [0.5, 0.6) is 0 Å². The second kappa shape index (κ2) is 5.31. The first-order valence-corrected chi connectivity index (χ1v) is 6.73. The molecule has 15 heavy (non-hydrogen) atoms. The summed E-state index contributed by atoms with van der Waals surface area (Å²) in [5, 5.41) is 9.99. The molecule has 1 N–H and O–H groups in total. The zero-order valence-corrected chi connectivity index (χ0v) is 9.99. The van der Waals surface area contributed by atoms with Crippen LogP contribution in [-0.2, 0) is 0 Å². The van der Waals surface area contributed by atoms with Crippen LogP contribution in [0.3, 0.4) is 0 Å². The van der Waals surface area contributed by atoms with Gasteiger partial charge in [-0.25, -0.2) is 0 Å². The average Bonchev–Trinajstić information content (AvgIpc) is 3.04. The monoisotopic (exact) mass is 211 g/mol. The van der Waals surface area contributed by atoms with Crippen molar-refractivity contribution in [2.45, 2.75) is 64.0 Å². The summed E-state index contributed by atoms with van der Waals surface area (Å²) < 4.78 is 0. The van der Waals surface area contributed by atoms with E-state index < -0.39 is 0 Å². The maximum Gasteiger partial charge on any atom is 0.0695 e. The molecule has 1 aliphatic heterocycles. The fourth-order valence-electron chi connectivity index (χ4n) is 2.83. The van der Waals surface area contributed by atoms with Crippen molar-refractivity contribution < 1.29 is 5.11 Å². The van der Waals surface area contributed by atoms with E-state index in [9.17, 15) is 5.11 Å². The Balaban J connectivity index is 1.80. The van der Waals surface area contributed by atoms with Crippen LogP contribution in [0, 0.1) is 5.92 Å². The summed E-state index contributed by atoms with van der Waals surface area (Å²) in [5.74, 6) is 0.634. The molecule has 1 aliphatic carbocycles. The first kappa shape index (κ1) is 11.4. The molecule has 0 aromatic rings. The highest BCUT2D eigenvalue weighted by Crippen LogP contribution is 2.33. The van der Waals surface area contributed by atoms with Gasteiger partial charge in [0.15, 0.2) is 0 Å². The van der Waals surface area contributed by atoms with Gasteiger partial charge in [-0.3, -0.25) is 4.90 Å². The largest absolute Gasteiger partial charge is 0.392 e. The van der Waals surface area contributed by atoms with Crippen LogP contribution in [0.15, 0.2) is 0 Å². The molecule has 0 radical (unpaired) electrons. The molecule has 2 unspecified atom stereocenters. The maximum absolute atomic E-state index is 9.99. The van der Waals surface area contributed by atoms with Crippen molar-refractivity contribution in [2.24, 2.45) is 5.92 Å². The number of hydrogen-bond donors (Lipinski definition) is 1. The minimum absolute atomic E-state index is 0.0394. The van der Waals surface area contributed by atoms with E-state index in [4.69, 9.17) is 0 Å². The predicted molar refractivity (Wildman–Crippen MR) is 62.9 cm³/mol. The smallest absolute Gasteiger partial charge is 0.0695 e. The van der Waals surface area contributed by atoms with E-state index in [0.717, 1.165) is 12.6 Å². The highest BCUT2D eigenvalue weighted by Gasteiger charge is 2.32. The van der Waals surface area contributed by atoms with Gasteiger partial charge in [0.1, 0.15) is 0 Å².